The number of benzene rings is 3. The number of aryl methyl sites for hydroxylation is 1. The molecule has 0 spiro atoms. The number of allylic oxidation sites excluding steroid dienone is 1. The molecule has 3 aromatic carbocycles. The van der Waals surface area contributed by atoms with Crippen molar-refractivity contribution in [2.75, 3.05) is 11.9 Å². The standard InChI is InChI=1S/C29H27BrN2O3/c1-4-7-23-14-22(15-24(18-31)29(33)32-26-9-6-8-25(30)17-26)16-27(34-5-2)28(23)35-19-21-12-10-20(3)11-13-21/h4,6,8-17H,1,5,7,19H2,2-3H3,(H,32,33)/b24-15-. The number of hydrogen-bond acceptors (Lipinski definition) is 4. The van der Waals surface area contributed by atoms with Crippen molar-refractivity contribution >= 4 is 33.6 Å². The first-order chi connectivity index (χ1) is 16.9. The molecular weight excluding hydrogens is 504 g/mol. The summed E-state index contributed by atoms with van der Waals surface area (Å²) in [5.74, 6) is 0.685. The Morgan fingerprint density at radius 1 is 1.14 bits per heavy atom. The van der Waals surface area contributed by atoms with Crippen LogP contribution in [0.1, 0.15) is 29.2 Å². The van der Waals surface area contributed by atoms with Crippen LogP contribution in [-0.2, 0) is 17.8 Å². The maximum atomic E-state index is 12.7. The number of anilines is 1. The van der Waals surface area contributed by atoms with Gasteiger partial charge < -0.3 is 14.8 Å². The highest BCUT2D eigenvalue weighted by atomic mass is 79.9. The molecule has 0 bridgehead atoms. The van der Waals surface area contributed by atoms with E-state index in [9.17, 15) is 10.1 Å². The molecule has 5 nitrogen and oxygen atoms in total. The Morgan fingerprint density at radius 3 is 2.57 bits per heavy atom. The summed E-state index contributed by atoms with van der Waals surface area (Å²) >= 11 is 3.38. The van der Waals surface area contributed by atoms with Gasteiger partial charge in [0.05, 0.1) is 6.61 Å². The molecule has 35 heavy (non-hydrogen) atoms. The number of ether oxygens (including phenoxy) is 2. The van der Waals surface area contributed by atoms with Crippen molar-refractivity contribution in [1.29, 1.82) is 5.26 Å². The lowest BCUT2D eigenvalue weighted by Gasteiger charge is -2.17. The van der Waals surface area contributed by atoms with Gasteiger partial charge in [0.2, 0.25) is 0 Å². The van der Waals surface area contributed by atoms with Gasteiger partial charge in [-0.05, 0) is 67.8 Å². The lowest BCUT2D eigenvalue weighted by Crippen LogP contribution is -2.13. The number of carbonyl (C=O) groups is 1. The highest BCUT2D eigenvalue weighted by molar-refractivity contribution is 9.10. The van der Waals surface area contributed by atoms with Crippen LogP contribution in [0.4, 0.5) is 5.69 Å². The average molecular weight is 531 g/mol. The zero-order chi connectivity index (χ0) is 25.2. The molecule has 0 atom stereocenters. The van der Waals surface area contributed by atoms with Crippen molar-refractivity contribution in [2.45, 2.75) is 26.9 Å². The first-order valence-corrected chi connectivity index (χ1v) is 12.0. The van der Waals surface area contributed by atoms with Gasteiger partial charge in [-0.15, -0.1) is 6.58 Å². The minimum atomic E-state index is -0.492. The van der Waals surface area contributed by atoms with Crippen LogP contribution in [0, 0.1) is 18.3 Å². The number of amides is 1. The summed E-state index contributed by atoms with van der Waals surface area (Å²) in [5, 5.41) is 12.4. The number of nitrogens with zero attached hydrogens (tertiary/aromatic N) is 1. The summed E-state index contributed by atoms with van der Waals surface area (Å²) in [5.41, 5.74) is 4.31. The molecule has 6 heteroatoms. The number of carbonyl (C=O) groups excluding carboxylic acids is 1. The normalized spacial score (nSPS) is 10.9. The molecule has 0 aliphatic rings. The minimum Gasteiger partial charge on any atom is -0.490 e. The van der Waals surface area contributed by atoms with Crippen LogP contribution in [0.25, 0.3) is 6.08 Å². The Kier molecular flexibility index (Phi) is 9.28. The van der Waals surface area contributed by atoms with Crippen LogP contribution in [0.15, 0.2) is 83.4 Å². The Bertz CT molecular complexity index is 1270. The number of halogens is 1. The molecule has 3 aromatic rings. The quantitative estimate of drug-likeness (QED) is 0.174. The summed E-state index contributed by atoms with van der Waals surface area (Å²) in [6.45, 7) is 8.62. The van der Waals surface area contributed by atoms with Crippen LogP contribution < -0.4 is 14.8 Å². The second-order valence-electron chi connectivity index (χ2n) is 7.84. The molecule has 0 aromatic heterocycles. The molecule has 0 unspecified atom stereocenters. The summed E-state index contributed by atoms with van der Waals surface area (Å²) in [7, 11) is 0. The van der Waals surface area contributed by atoms with Gasteiger partial charge in [-0.1, -0.05) is 57.9 Å². The SMILES string of the molecule is C=CCc1cc(/C=C(/C#N)C(=O)Nc2cccc(Br)c2)cc(OCC)c1OCc1ccc(C)cc1. The molecule has 178 valence electrons. The maximum absolute atomic E-state index is 12.7. The van der Waals surface area contributed by atoms with Crippen LogP contribution in [0.2, 0.25) is 0 Å². The van der Waals surface area contributed by atoms with E-state index in [1.54, 1.807) is 36.4 Å². The molecular formula is C29H27BrN2O3. The van der Waals surface area contributed by atoms with E-state index >= 15 is 0 Å². The van der Waals surface area contributed by atoms with Crippen molar-refractivity contribution in [2.24, 2.45) is 0 Å². The summed E-state index contributed by atoms with van der Waals surface area (Å²) in [6, 6.07) is 21.0. The number of rotatable bonds is 10. The zero-order valence-corrected chi connectivity index (χ0v) is 21.4. The van der Waals surface area contributed by atoms with Crippen molar-refractivity contribution in [3.63, 3.8) is 0 Å². The molecule has 0 heterocycles. The third-order valence-electron chi connectivity index (χ3n) is 5.08. The second kappa shape index (κ2) is 12.6. The maximum Gasteiger partial charge on any atom is 0.266 e. The lowest BCUT2D eigenvalue weighted by atomic mass is 10.0. The fourth-order valence-corrected chi connectivity index (χ4v) is 3.82. The molecule has 0 saturated carbocycles. The van der Waals surface area contributed by atoms with Crippen molar-refractivity contribution in [3.05, 3.63) is 106 Å². The second-order valence-corrected chi connectivity index (χ2v) is 8.76. The van der Waals surface area contributed by atoms with E-state index in [4.69, 9.17) is 9.47 Å². The van der Waals surface area contributed by atoms with Gasteiger partial charge in [-0.2, -0.15) is 5.26 Å². The fraction of sp³-hybridized carbons (Fsp3) is 0.172. The molecule has 0 aliphatic heterocycles. The third-order valence-corrected chi connectivity index (χ3v) is 5.57. The van der Waals surface area contributed by atoms with Crippen LogP contribution in [0.3, 0.4) is 0 Å². The highest BCUT2D eigenvalue weighted by Crippen LogP contribution is 2.35. The van der Waals surface area contributed by atoms with E-state index < -0.39 is 5.91 Å². The first kappa shape index (κ1) is 25.8. The molecule has 1 N–H and O–H groups in total. The fourth-order valence-electron chi connectivity index (χ4n) is 3.42. The van der Waals surface area contributed by atoms with Gasteiger partial charge >= 0.3 is 0 Å². The minimum absolute atomic E-state index is 0.0229. The first-order valence-electron chi connectivity index (χ1n) is 11.2. The summed E-state index contributed by atoms with van der Waals surface area (Å²) in [6.07, 6.45) is 3.87. The largest absolute Gasteiger partial charge is 0.490 e. The van der Waals surface area contributed by atoms with Gasteiger partial charge in [-0.25, -0.2) is 0 Å². The van der Waals surface area contributed by atoms with Crippen molar-refractivity contribution in [1.82, 2.24) is 0 Å². The molecule has 0 aliphatic carbocycles. The highest BCUT2D eigenvalue weighted by Gasteiger charge is 2.15. The van der Waals surface area contributed by atoms with Gasteiger partial charge in [0.1, 0.15) is 18.2 Å². The molecule has 3 rings (SSSR count). The third kappa shape index (κ3) is 7.33. The van der Waals surface area contributed by atoms with Gasteiger partial charge in [0.25, 0.3) is 5.91 Å². The van der Waals surface area contributed by atoms with Crippen LogP contribution in [0.5, 0.6) is 11.5 Å². The van der Waals surface area contributed by atoms with Gasteiger partial charge in [0.15, 0.2) is 11.5 Å². The van der Waals surface area contributed by atoms with Crippen molar-refractivity contribution < 1.29 is 14.3 Å². The van der Waals surface area contributed by atoms with E-state index in [0.717, 1.165) is 15.6 Å². The van der Waals surface area contributed by atoms with Crippen LogP contribution >= 0.6 is 15.9 Å². The molecule has 0 radical (unpaired) electrons. The predicted octanol–water partition coefficient (Wildman–Crippen LogP) is 7.01. The Labute approximate surface area is 214 Å². The Morgan fingerprint density at radius 2 is 1.91 bits per heavy atom. The summed E-state index contributed by atoms with van der Waals surface area (Å²) < 4.78 is 12.9. The molecule has 0 saturated heterocycles. The molecule has 1 amide bonds. The number of nitriles is 1. The van der Waals surface area contributed by atoms with E-state index in [2.05, 4.69) is 27.8 Å². The molecule has 0 fully saturated rings. The van der Waals surface area contributed by atoms with Gasteiger partial charge in [-0.3, -0.25) is 4.79 Å². The number of hydrogen-bond donors (Lipinski definition) is 1. The lowest BCUT2D eigenvalue weighted by molar-refractivity contribution is -0.112. The topological polar surface area (TPSA) is 71.4 Å². The Balaban J connectivity index is 1.92. The predicted molar refractivity (Wildman–Crippen MR) is 143 cm³/mol. The number of nitrogens with one attached hydrogen (secondary N) is 1. The average Bonchev–Trinajstić information content (AvgIpc) is 2.83. The van der Waals surface area contributed by atoms with E-state index in [0.29, 0.717) is 42.4 Å². The van der Waals surface area contributed by atoms with E-state index in [-0.39, 0.29) is 5.57 Å². The smallest absolute Gasteiger partial charge is 0.266 e. The van der Waals surface area contributed by atoms with Gasteiger partial charge in [0, 0.05) is 15.7 Å². The van der Waals surface area contributed by atoms with Crippen LogP contribution in [-0.4, -0.2) is 12.5 Å². The van der Waals surface area contributed by atoms with Crippen molar-refractivity contribution in [3.8, 4) is 17.6 Å². The zero-order valence-electron chi connectivity index (χ0n) is 19.8. The monoisotopic (exact) mass is 530 g/mol. The summed E-state index contributed by atoms with van der Waals surface area (Å²) in [4.78, 5) is 12.7. The Hall–Kier alpha value is -3.82. The van der Waals surface area contributed by atoms with E-state index in [1.165, 1.54) is 5.56 Å². The van der Waals surface area contributed by atoms with E-state index in [1.807, 2.05) is 56.3 Å².